The van der Waals surface area contributed by atoms with Gasteiger partial charge in [-0.15, -0.1) is 0 Å². The highest BCUT2D eigenvalue weighted by Gasteiger charge is 2.21. The highest BCUT2D eigenvalue weighted by atomic mass is 35.5. The molecule has 0 aliphatic rings. The maximum atomic E-state index is 11.8. The number of methoxy groups -OCH3 is 1. The molecule has 0 amide bonds. The molecule has 1 rings (SSSR count). The number of hydrogen-bond donors (Lipinski definition) is 0. The standard InChI is InChI=1S/C11H11ClO5S/c1-17-11(14)6-9(13)7-18(15,16)10-4-2-8(12)3-5-10/h2-5H,6-7H2,1H3. The Morgan fingerprint density at radius 2 is 1.78 bits per heavy atom. The number of benzene rings is 1. The van der Waals surface area contributed by atoms with Crippen molar-refractivity contribution < 1.29 is 22.7 Å². The summed E-state index contributed by atoms with van der Waals surface area (Å²) in [6, 6.07) is 5.45. The molecule has 0 N–H and O–H groups in total. The second kappa shape index (κ2) is 5.97. The molecule has 0 atom stereocenters. The first-order chi connectivity index (χ1) is 8.35. The molecule has 0 bridgehead atoms. The fraction of sp³-hybridized carbons (Fsp3) is 0.273. The van der Waals surface area contributed by atoms with Gasteiger partial charge in [-0.2, -0.15) is 0 Å². The number of esters is 1. The number of hydrogen-bond acceptors (Lipinski definition) is 5. The predicted molar refractivity (Wildman–Crippen MR) is 65.1 cm³/mol. The Bertz CT molecular complexity index is 547. The zero-order valence-electron chi connectivity index (χ0n) is 9.55. The zero-order chi connectivity index (χ0) is 13.8. The molecular weight excluding hydrogens is 280 g/mol. The fourth-order valence-electron chi connectivity index (χ4n) is 1.22. The molecule has 98 valence electrons. The van der Waals surface area contributed by atoms with Crippen molar-refractivity contribution in [3.8, 4) is 0 Å². The molecular formula is C11H11ClO5S. The summed E-state index contributed by atoms with van der Waals surface area (Å²) in [5.74, 6) is -2.20. The maximum absolute atomic E-state index is 11.8. The van der Waals surface area contributed by atoms with Crippen LogP contribution >= 0.6 is 11.6 Å². The normalized spacial score (nSPS) is 11.0. The largest absolute Gasteiger partial charge is 0.469 e. The van der Waals surface area contributed by atoms with Gasteiger partial charge in [0.1, 0.15) is 12.2 Å². The van der Waals surface area contributed by atoms with Crippen LogP contribution in [0.5, 0.6) is 0 Å². The third-order valence-electron chi connectivity index (χ3n) is 2.09. The number of ketones is 1. The molecule has 0 unspecified atom stereocenters. The van der Waals surface area contributed by atoms with E-state index < -0.39 is 33.8 Å². The molecule has 1 aromatic carbocycles. The summed E-state index contributed by atoms with van der Waals surface area (Å²) in [5.41, 5.74) is 0. The summed E-state index contributed by atoms with van der Waals surface area (Å²) in [4.78, 5) is 22.2. The van der Waals surface area contributed by atoms with E-state index in [0.717, 1.165) is 7.11 Å². The van der Waals surface area contributed by atoms with E-state index in [2.05, 4.69) is 4.74 Å². The van der Waals surface area contributed by atoms with Crippen LogP contribution in [0.1, 0.15) is 6.42 Å². The maximum Gasteiger partial charge on any atom is 0.313 e. The van der Waals surface area contributed by atoms with E-state index in [4.69, 9.17) is 11.6 Å². The Morgan fingerprint density at radius 1 is 1.22 bits per heavy atom. The van der Waals surface area contributed by atoms with Gasteiger partial charge in [-0.25, -0.2) is 8.42 Å². The third-order valence-corrected chi connectivity index (χ3v) is 4.04. The predicted octanol–water partition coefficient (Wildman–Crippen LogP) is 1.25. The molecule has 18 heavy (non-hydrogen) atoms. The van der Waals surface area contributed by atoms with E-state index in [1.54, 1.807) is 0 Å². The van der Waals surface area contributed by atoms with Gasteiger partial charge in [0.05, 0.1) is 12.0 Å². The molecule has 1 aromatic rings. The number of Topliss-reactive ketones (excluding diaryl/α,β-unsaturated/α-hetero) is 1. The van der Waals surface area contributed by atoms with Crippen LogP contribution in [0.2, 0.25) is 5.02 Å². The van der Waals surface area contributed by atoms with Gasteiger partial charge in [-0.05, 0) is 24.3 Å². The lowest BCUT2D eigenvalue weighted by Gasteiger charge is -2.03. The van der Waals surface area contributed by atoms with Gasteiger partial charge < -0.3 is 4.74 Å². The molecule has 0 saturated heterocycles. The average Bonchev–Trinajstić information content (AvgIpc) is 2.28. The van der Waals surface area contributed by atoms with Crippen molar-refractivity contribution in [3.05, 3.63) is 29.3 Å². The molecule has 0 fully saturated rings. The molecule has 0 saturated carbocycles. The lowest BCUT2D eigenvalue weighted by Crippen LogP contribution is -2.19. The Labute approximate surface area is 110 Å². The second-order valence-corrected chi connectivity index (χ2v) is 5.93. The number of ether oxygens (including phenoxy) is 1. The first-order valence-corrected chi connectivity index (χ1v) is 6.95. The molecule has 7 heteroatoms. The quantitative estimate of drug-likeness (QED) is 0.602. The lowest BCUT2D eigenvalue weighted by molar-refractivity contribution is -0.142. The minimum absolute atomic E-state index is 0.00915. The Hall–Kier alpha value is -1.40. The van der Waals surface area contributed by atoms with Gasteiger partial charge in [0.2, 0.25) is 0 Å². The van der Waals surface area contributed by atoms with Crippen LogP contribution in [0.4, 0.5) is 0 Å². The monoisotopic (exact) mass is 290 g/mol. The van der Waals surface area contributed by atoms with Crippen LogP contribution in [-0.4, -0.2) is 33.0 Å². The van der Waals surface area contributed by atoms with Crippen LogP contribution in [0, 0.1) is 0 Å². The topological polar surface area (TPSA) is 77.5 Å². The molecule has 0 aliphatic heterocycles. The minimum Gasteiger partial charge on any atom is -0.469 e. The van der Waals surface area contributed by atoms with Crippen molar-refractivity contribution in [1.29, 1.82) is 0 Å². The van der Waals surface area contributed by atoms with Crippen molar-refractivity contribution in [2.24, 2.45) is 0 Å². The van der Waals surface area contributed by atoms with Gasteiger partial charge in [0, 0.05) is 5.02 Å². The van der Waals surface area contributed by atoms with Crippen LogP contribution in [0.15, 0.2) is 29.2 Å². The Morgan fingerprint density at radius 3 is 2.28 bits per heavy atom. The van der Waals surface area contributed by atoms with Crippen LogP contribution in [-0.2, 0) is 24.2 Å². The summed E-state index contributed by atoms with van der Waals surface area (Å²) in [7, 11) is -2.62. The van der Waals surface area contributed by atoms with Crippen LogP contribution in [0.3, 0.4) is 0 Å². The van der Waals surface area contributed by atoms with E-state index in [9.17, 15) is 18.0 Å². The number of rotatable bonds is 5. The van der Waals surface area contributed by atoms with E-state index in [-0.39, 0.29) is 4.90 Å². The number of carbonyl (C=O) groups is 2. The van der Waals surface area contributed by atoms with Crippen molar-refractivity contribution in [1.82, 2.24) is 0 Å². The van der Waals surface area contributed by atoms with Gasteiger partial charge in [-0.3, -0.25) is 9.59 Å². The molecule has 0 aromatic heterocycles. The van der Waals surface area contributed by atoms with Crippen molar-refractivity contribution >= 4 is 33.2 Å². The molecule has 0 heterocycles. The summed E-state index contributed by atoms with van der Waals surface area (Å²) in [6.07, 6.45) is -0.552. The highest BCUT2D eigenvalue weighted by molar-refractivity contribution is 7.92. The van der Waals surface area contributed by atoms with Gasteiger partial charge in [0.15, 0.2) is 15.6 Å². The molecule has 5 nitrogen and oxygen atoms in total. The summed E-state index contributed by atoms with van der Waals surface area (Å²) in [5, 5.41) is 0.398. The zero-order valence-corrected chi connectivity index (χ0v) is 11.1. The number of sulfone groups is 1. The van der Waals surface area contributed by atoms with Crippen LogP contribution in [0.25, 0.3) is 0 Å². The summed E-state index contributed by atoms with van der Waals surface area (Å²) < 4.78 is 27.9. The lowest BCUT2D eigenvalue weighted by atomic mass is 10.3. The first kappa shape index (κ1) is 14.7. The van der Waals surface area contributed by atoms with Crippen molar-refractivity contribution in [2.45, 2.75) is 11.3 Å². The molecule has 0 radical (unpaired) electrons. The number of carbonyl (C=O) groups excluding carboxylic acids is 2. The van der Waals surface area contributed by atoms with E-state index >= 15 is 0 Å². The number of halogens is 1. The smallest absolute Gasteiger partial charge is 0.313 e. The van der Waals surface area contributed by atoms with Crippen molar-refractivity contribution in [3.63, 3.8) is 0 Å². The van der Waals surface area contributed by atoms with Gasteiger partial charge in [0.25, 0.3) is 0 Å². The van der Waals surface area contributed by atoms with E-state index in [0.29, 0.717) is 5.02 Å². The molecule has 0 aliphatic carbocycles. The Balaban J connectivity index is 2.79. The van der Waals surface area contributed by atoms with E-state index in [1.807, 2.05) is 0 Å². The Kier molecular flexibility index (Phi) is 4.86. The third kappa shape index (κ3) is 4.12. The first-order valence-electron chi connectivity index (χ1n) is 4.92. The second-order valence-electron chi connectivity index (χ2n) is 3.50. The van der Waals surface area contributed by atoms with Crippen LogP contribution < -0.4 is 0 Å². The highest BCUT2D eigenvalue weighted by Crippen LogP contribution is 2.15. The molecule has 0 spiro atoms. The fourth-order valence-corrected chi connectivity index (χ4v) is 2.59. The van der Waals surface area contributed by atoms with Crippen molar-refractivity contribution in [2.75, 3.05) is 12.9 Å². The van der Waals surface area contributed by atoms with Gasteiger partial charge in [-0.1, -0.05) is 11.6 Å². The van der Waals surface area contributed by atoms with E-state index in [1.165, 1.54) is 24.3 Å². The van der Waals surface area contributed by atoms with Gasteiger partial charge >= 0.3 is 5.97 Å². The summed E-state index contributed by atoms with van der Waals surface area (Å²) >= 11 is 5.63. The SMILES string of the molecule is COC(=O)CC(=O)CS(=O)(=O)c1ccc(Cl)cc1. The average molecular weight is 291 g/mol. The minimum atomic E-state index is -3.75. The summed E-state index contributed by atoms with van der Waals surface area (Å²) in [6.45, 7) is 0.